The Kier molecular flexibility index (Phi) is 3.34. The molecule has 0 saturated carbocycles. The van der Waals surface area contributed by atoms with Gasteiger partial charge in [0.05, 0.1) is 12.5 Å². The summed E-state index contributed by atoms with van der Waals surface area (Å²) in [5.41, 5.74) is 0. The van der Waals surface area contributed by atoms with Crippen molar-refractivity contribution in [3.05, 3.63) is 30.4 Å². The Morgan fingerprint density at radius 2 is 2.53 bits per heavy atom. The predicted molar refractivity (Wildman–Crippen MR) is 60.0 cm³/mol. The van der Waals surface area contributed by atoms with Crippen LogP contribution in [0.3, 0.4) is 0 Å². The van der Waals surface area contributed by atoms with E-state index in [2.05, 4.69) is 21.8 Å². The molecule has 0 aliphatic rings. The number of hydrogen-bond acceptors (Lipinski definition) is 5. The average Bonchev–Trinajstić information content (AvgIpc) is 2.86. The first kappa shape index (κ1) is 10.2. The highest BCUT2D eigenvalue weighted by Crippen LogP contribution is 2.13. The summed E-state index contributed by atoms with van der Waals surface area (Å²) in [7, 11) is 0. The molecule has 0 saturated heterocycles. The molecule has 0 aromatic carbocycles. The van der Waals surface area contributed by atoms with E-state index in [-0.39, 0.29) is 0 Å². The van der Waals surface area contributed by atoms with Crippen molar-refractivity contribution >= 4 is 16.5 Å². The smallest absolute Gasteiger partial charge is 0.130 e. The summed E-state index contributed by atoms with van der Waals surface area (Å²) in [5, 5.41) is 8.12. The fourth-order valence-corrected chi connectivity index (χ4v) is 1.89. The van der Waals surface area contributed by atoms with E-state index in [9.17, 15) is 0 Å². The molecule has 0 fully saturated rings. The highest BCUT2D eigenvalue weighted by atomic mass is 32.1. The number of hydrogen-bond donors (Lipinski definition) is 1. The summed E-state index contributed by atoms with van der Waals surface area (Å²) in [6, 6.07) is 4.32. The monoisotopic (exact) mass is 223 g/mol. The zero-order chi connectivity index (χ0) is 10.5. The molecular formula is C10H13N3OS. The SMILES string of the molecule is CC(CCc1ccco1)Nc1cnns1. The van der Waals surface area contributed by atoms with E-state index in [1.165, 1.54) is 11.5 Å². The lowest BCUT2D eigenvalue weighted by Crippen LogP contribution is -2.14. The standard InChI is InChI=1S/C10H13N3OS/c1-8(12-10-7-11-13-15-10)4-5-9-3-2-6-14-9/h2-3,6-8,12H,4-5H2,1H3. The molecule has 0 amide bonds. The largest absolute Gasteiger partial charge is 0.469 e. The van der Waals surface area contributed by atoms with E-state index in [0.29, 0.717) is 6.04 Å². The highest BCUT2D eigenvalue weighted by molar-refractivity contribution is 7.09. The third-order valence-electron chi connectivity index (χ3n) is 2.15. The zero-order valence-electron chi connectivity index (χ0n) is 8.51. The van der Waals surface area contributed by atoms with Gasteiger partial charge >= 0.3 is 0 Å². The van der Waals surface area contributed by atoms with Crippen LogP contribution in [-0.4, -0.2) is 15.6 Å². The molecule has 0 bridgehead atoms. The van der Waals surface area contributed by atoms with E-state index in [1.54, 1.807) is 12.5 Å². The molecule has 2 heterocycles. The van der Waals surface area contributed by atoms with Crippen LogP contribution in [-0.2, 0) is 6.42 Å². The Balaban J connectivity index is 1.76. The predicted octanol–water partition coefficient (Wildman–Crippen LogP) is 2.56. The van der Waals surface area contributed by atoms with Crippen molar-refractivity contribution in [1.29, 1.82) is 0 Å². The number of nitrogens with zero attached hydrogens (tertiary/aromatic N) is 2. The van der Waals surface area contributed by atoms with Crippen molar-refractivity contribution in [1.82, 2.24) is 9.59 Å². The Bertz CT molecular complexity index is 371. The van der Waals surface area contributed by atoms with Gasteiger partial charge in [-0.3, -0.25) is 0 Å². The third kappa shape index (κ3) is 3.06. The first-order valence-corrected chi connectivity index (χ1v) is 5.68. The normalized spacial score (nSPS) is 12.6. The van der Waals surface area contributed by atoms with Gasteiger partial charge in [-0.05, 0) is 25.5 Å². The summed E-state index contributed by atoms with van der Waals surface area (Å²) < 4.78 is 9.07. The third-order valence-corrected chi connectivity index (χ3v) is 2.75. The first-order valence-electron chi connectivity index (χ1n) is 4.91. The van der Waals surface area contributed by atoms with Crippen LogP contribution in [0, 0.1) is 0 Å². The number of aromatic nitrogens is 2. The molecule has 2 rings (SSSR count). The van der Waals surface area contributed by atoms with Crippen molar-refractivity contribution in [3.63, 3.8) is 0 Å². The molecule has 1 atom stereocenters. The quantitative estimate of drug-likeness (QED) is 0.846. The average molecular weight is 223 g/mol. The van der Waals surface area contributed by atoms with Crippen molar-refractivity contribution in [2.75, 3.05) is 5.32 Å². The number of nitrogens with one attached hydrogen (secondary N) is 1. The minimum Gasteiger partial charge on any atom is -0.469 e. The van der Waals surface area contributed by atoms with Gasteiger partial charge in [-0.15, -0.1) is 5.10 Å². The topological polar surface area (TPSA) is 51.0 Å². The maximum atomic E-state index is 5.27. The van der Waals surface area contributed by atoms with Crippen LogP contribution in [0.4, 0.5) is 5.00 Å². The Hall–Kier alpha value is -1.36. The fourth-order valence-electron chi connectivity index (χ4n) is 1.36. The summed E-state index contributed by atoms with van der Waals surface area (Å²) in [4.78, 5) is 0. The van der Waals surface area contributed by atoms with Crippen LogP contribution in [0.5, 0.6) is 0 Å². The maximum Gasteiger partial charge on any atom is 0.130 e. The lowest BCUT2D eigenvalue weighted by Gasteiger charge is -2.11. The van der Waals surface area contributed by atoms with Gasteiger partial charge < -0.3 is 9.73 Å². The van der Waals surface area contributed by atoms with Gasteiger partial charge in [-0.25, -0.2) is 0 Å². The molecule has 0 aliphatic heterocycles. The summed E-state index contributed by atoms with van der Waals surface area (Å²) in [6.07, 6.45) is 5.44. The second-order valence-electron chi connectivity index (χ2n) is 3.45. The van der Waals surface area contributed by atoms with Crippen molar-refractivity contribution in [2.45, 2.75) is 25.8 Å². The minimum absolute atomic E-state index is 0.400. The van der Waals surface area contributed by atoms with Gasteiger partial charge in [0.2, 0.25) is 0 Å². The zero-order valence-corrected chi connectivity index (χ0v) is 9.33. The molecule has 80 valence electrons. The molecule has 4 nitrogen and oxygen atoms in total. The molecule has 15 heavy (non-hydrogen) atoms. The van der Waals surface area contributed by atoms with Crippen molar-refractivity contribution < 1.29 is 4.42 Å². The van der Waals surface area contributed by atoms with Crippen molar-refractivity contribution in [3.8, 4) is 0 Å². The molecule has 2 aromatic rings. The molecule has 0 aliphatic carbocycles. The maximum absolute atomic E-state index is 5.27. The van der Waals surface area contributed by atoms with Crippen LogP contribution < -0.4 is 5.32 Å². The second-order valence-corrected chi connectivity index (χ2v) is 4.23. The molecule has 0 radical (unpaired) electrons. The fraction of sp³-hybridized carbons (Fsp3) is 0.400. The molecule has 1 N–H and O–H groups in total. The number of furan rings is 1. The van der Waals surface area contributed by atoms with Gasteiger partial charge in [0, 0.05) is 24.0 Å². The van der Waals surface area contributed by atoms with Crippen LogP contribution in [0.15, 0.2) is 29.0 Å². The minimum atomic E-state index is 0.400. The number of anilines is 1. The van der Waals surface area contributed by atoms with Crippen LogP contribution in [0.1, 0.15) is 19.1 Å². The van der Waals surface area contributed by atoms with Gasteiger partial charge in [0.25, 0.3) is 0 Å². The molecule has 0 spiro atoms. The Morgan fingerprint density at radius 3 is 3.20 bits per heavy atom. The van der Waals surface area contributed by atoms with Crippen LogP contribution >= 0.6 is 11.5 Å². The number of aryl methyl sites for hydroxylation is 1. The van der Waals surface area contributed by atoms with Crippen LogP contribution in [0.2, 0.25) is 0 Å². The van der Waals surface area contributed by atoms with Gasteiger partial charge in [-0.2, -0.15) is 0 Å². The van der Waals surface area contributed by atoms with Gasteiger partial charge in [0.1, 0.15) is 10.8 Å². The van der Waals surface area contributed by atoms with Crippen molar-refractivity contribution in [2.24, 2.45) is 0 Å². The van der Waals surface area contributed by atoms with E-state index in [4.69, 9.17) is 4.42 Å². The summed E-state index contributed by atoms with van der Waals surface area (Å²) in [6.45, 7) is 2.14. The lowest BCUT2D eigenvalue weighted by atomic mass is 10.1. The lowest BCUT2D eigenvalue weighted by molar-refractivity contribution is 0.495. The van der Waals surface area contributed by atoms with E-state index >= 15 is 0 Å². The molecular weight excluding hydrogens is 210 g/mol. The summed E-state index contributed by atoms with van der Waals surface area (Å²) in [5.74, 6) is 1.03. The second kappa shape index (κ2) is 4.93. The Morgan fingerprint density at radius 1 is 1.60 bits per heavy atom. The van der Waals surface area contributed by atoms with E-state index in [1.807, 2.05) is 12.1 Å². The van der Waals surface area contributed by atoms with Gasteiger partial charge in [-0.1, -0.05) is 4.49 Å². The molecule has 5 heteroatoms. The molecule has 2 aromatic heterocycles. The highest BCUT2D eigenvalue weighted by Gasteiger charge is 2.05. The van der Waals surface area contributed by atoms with E-state index < -0.39 is 0 Å². The van der Waals surface area contributed by atoms with Crippen LogP contribution in [0.25, 0.3) is 0 Å². The first-order chi connectivity index (χ1) is 7.34. The summed E-state index contributed by atoms with van der Waals surface area (Å²) >= 11 is 1.38. The molecule has 1 unspecified atom stereocenters. The van der Waals surface area contributed by atoms with E-state index in [0.717, 1.165) is 23.6 Å². The Labute approximate surface area is 92.5 Å². The van der Waals surface area contributed by atoms with Gasteiger partial charge in [0.15, 0.2) is 0 Å². The number of rotatable bonds is 5.